The molecule has 0 aromatic carbocycles. The van der Waals surface area contributed by atoms with Gasteiger partial charge in [-0.3, -0.25) is 0 Å². The second kappa shape index (κ2) is 4.85. The van der Waals surface area contributed by atoms with Crippen LogP contribution in [-0.4, -0.2) is 54.4 Å². The lowest BCUT2D eigenvalue weighted by molar-refractivity contribution is 0.185. The number of aromatic nitrogens is 2. The van der Waals surface area contributed by atoms with Crippen molar-refractivity contribution in [2.75, 3.05) is 37.4 Å². The van der Waals surface area contributed by atoms with E-state index in [9.17, 15) is 5.11 Å². The Bertz CT molecular complexity index is 395. The second-order valence-corrected chi connectivity index (χ2v) is 4.56. The summed E-state index contributed by atoms with van der Waals surface area (Å²) in [6.07, 6.45) is -0.387. The zero-order valence-electron chi connectivity index (χ0n) is 10.4. The van der Waals surface area contributed by atoms with Gasteiger partial charge in [-0.05, 0) is 6.92 Å². The van der Waals surface area contributed by atoms with E-state index >= 15 is 0 Å². The SMILES string of the molecule is Cc1cc(N(C)C)nc(N[C@@H]2CNC[C@H]2O)n1. The van der Waals surface area contributed by atoms with E-state index in [2.05, 4.69) is 20.6 Å². The average molecular weight is 237 g/mol. The highest BCUT2D eigenvalue weighted by Gasteiger charge is 2.25. The molecule has 6 heteroatoms. The lowest BCUT2D eigenvalue weighted by Crippen LogP contribution is -2.33. The molecule has 94 valence electrons. The molecule has 3 N–H and O–H groups in total. The minimum absolute atomic E-state index is 0.0215. The van der Waals surface area contributed by atoms with Crippen molar-refractivity contribution in [3.05, 3.63) is 11.8 Å². The van der Waals surface area contributed by atoms with Crippen molar-refractivity contribution in [1.82, 2.24) is 15.3 Å². The summed E-state index contributed by atoms with van der Waals surface area (Å²) in [5, 5.41) is 16.0. The minimum Gasteiger partial charge on any atom is -0.390 e. The molecule has 1 aromatic heterocycles. The molecule has 0 unspecified atom stereocenters. The van der Waals surface area contributed by atoms with Crippen molar-refractivity contribution in [3.8, 4) is 0 Å². The number of rotatable bonds is 3. The maximum absolute atomic E-state index is 9.71. The summed E-state index contributed by atoms with van der Waals surface area (Å²) in [6, 6.07) is 1.90. The third-order valence-corrected chi connectivity index (χ3v) is 2.80. The smallest absolute Gasteiger partial charge is 0.225 e. The number of aliphatic hydroxyl groups excluding tert-OH is 1. The van der Waals surface area contributed by atoms with Crippen LogP contribution in [0.3, 0.4) is 0 Å². The average Bonchev–Trinajstić information content (AvgIpc) is 2.63. The van der Waals surface area contributed by atoms with Crippen LogP contribution in [0.15, 0.2) is 6.07 Å². The summed E-state index contributed by atoms with van der Waals surface area (Å²) in [6.45, 7) is 3.28. The summed E-state index contributed by atoms with van der Waals surface area (Å²) < 4.78 is 0. The monoisotopic (exact) mass is 237 g/mol. The maximum Gasteiger partial charge on any atom is 0.225 e. The first kappa shape index (κ1) is 12.1. The molecule has 17 heavy (non-hydrogen) atoms. The van der Waals surface area contributed by atoms with Crippen LogP contribution in [0.25, 0.3) is 0 Å². The number of anilines is 2. The number of aliphatic hydroxyl groups is 1. The molecule has 1 saturated heterocycles. The Morgan fingerprint density at radius 3 is 2.76 bits per heavy atom. The van der Waals surface area contributed by atoms with E-state index in [0.717, 1.165) is 18.1 Å². The Kier molecular flexibility index (Phi) is 3.44. The van der Waals surface area contributed by atoms with Crippen LogP contribution in [-0.2, 0) is 0 Å². The van der Waals surface area contributed by atoms with Crippen LogP contribution in [0, 0.1) is 6.92 Å². The van der Waals surface area contributed by atoms with E-state index in [0.29, 0.717) is 12.5 Å². The van der Waals surface area contributed by atoms with E-state index in [4.69, 9.17) is 0 Å². The Morgan fingerprint density at radius 1 is 1.41 bits per heavy atom. The van der Waals surface area contributed by atoms with Gasteiger partial charge in [0.15, 0.2) is 0 Å². The van der Waals surface area contributed by atoms with Crippen molar-refractivity contribution in [1.29, 1.82) is 0 Å². The molecule has 2 heterocycles. The Morgan fingerprint density at radius 2 is 2.18 bits per heavy atom. The van der Waals surface area contributed by atoms with Crippen molar-refractivity contribution in [2.24, 2.45) is 0 Å². The molecule has 1 aliphatic rings. The van der Waals surface area contributed by atoms with Gasteiger partial charge in [0.25, 0.3) is 0 Å². The molecule has 0 amide bonds. The minimum atomic E-state index is -0.387. The summed E-state index contributed by atoms with van der Waals surface area (Å²) in [4.78, 5) is 10.7. The zero-order chi connectivity index (χ0) is 12.4. The van der Waals surface area contributed by atoms with Gasteiger partial charge in [-0.1, -0.05) is 0 Å². The van der Waals surface area contributed by atoms with E-state index in [1.54, 1.807) is 0 Å². The highest BCUT2D eigenvalue weighted by atomic mass is 16.3. The highest BCUT2D eigenvalue weighted by molar-refractivity contribution is 5.44. The predicted molar refractivity (Wildman–Crippen MR) is 67.4 cm³/mol. The second-order valence-electron chi connectivity index (χ2n) is 4.56. The van der Waals surface area contributed by atoms with Crippen LogP contribution in [0.5, 0.6) is 0 Å². The number of aryl methyl sites for hydroxylation is 1. The van der Waals surface area contributed by atoms with E-state index in [1.165, 1.54) is 0 Å². The molecule has 0 radical (unpaired) electrons. The molecule has 1 aromatic rings. The van der Waals surface area contributed by atoms with Gasteiger partial charge in [-0.25, -0.2) is 4.98 Å². The number of nitrogens with zero attached hydrogens (tertiary/aromatic N) is 3. The normalized spacial score (nSPS) is 23.8. The van der Waals surface area contributed by atoms with Gasteiger partial charge in [-0.2, -0.15) is 4.98 Å². The third-order valence-electron chi connectivity index (χ3n) is 2.80. The molecule has 2 atom stereocenters. The fourth-order valence-electron chi connectivity index (χ4n) is 1.82. The predicted octanol–water partition coefficient (Wildman–Crippen LogP) is -0.404. The Balaban J connectivity index is 2.15. The topological polar surface area (TPSA) is 73.3 Å². The molecular formula is C11H19N5O. The van der Waals surface area contributed by atoms with E-state index in [-0.39, 0.29) is 12.1 Å². The van der Waals surface area contributed by atoms with Gasteiger partial charge in [0, 0.05) is 38.9 Å². The maximum atomic E-state index is 9.71. The van der Waals surface area contributed by atoms with Gasteiger partial charge in [0.1, 0.15) is 5.82 Å². The molecule has 1 aliphatic heterocycles. The molecule has 0 bridgehead atoms. The number of hydrogen-bond donors (Lipinski definition) is 3. The van der Waals surface area contributed by atoms with Crippen molar-refractivity contribution < 1.29 is 5.11 Å². The molecular weight excluding hydrogens is 218 g/mol. The summed E-state index contributed by atoms with van der Waals surface area (Å²) >= 11 is 0. The molecule has 2 rings (SSSR count). The van der Waals surface area contributed by atoms with Gasteiger partial charge < -0.3 is 20.6 Å². The van der Waals surface area contributed by atoms with Crippen molar-refractivity contribution in [2.45, 2.75) is 19.1 Å². The van der Waals surface area contributed by atoms with Crippen molar-refractivity contribution >= 4 is 11.8 Å². The Labute approximate surface area is 101 Å². The highest BCUT2D eigenvalue weighted by Crippen LogP contribution is 2.14. The third kappa shape index (κ3) is 2.83. The van der Waals surface area contributed by atoms with Crippen LogP contribution in [0.1, 0.15) is 5.69 Å². The Hall–Kier alpha value is -1.40. The van der Waals surface area contributed by atoms with Crippen LogP contribution >= 0.6 is 0 Å². The summed E-state index contributed by atoms with van der Waals surface area (Å²) in [5.41, 5.74) is 0.909. The quantitative estimate of drug-likeness (QED) is 0.664. The van der Waals surface area contributed by atoms with E-state index < -0.39 is 0 Å². The molecule has 1 fully saturated rings. The first-order valence-corrected chi connectivity index (χ1v) is 5.74. The number of nitrogens with one attached hydrogen (secondary N) is 2. The first-order chi connectivity index (χ1) is 8.06. The fourth-order valence-corrected chi connectivity index (χ4v) is 1.82. The van der Waals surface area contributed by atoms with Crippen molar-refractivity contribution in [3.63, 3.8) is 0 Å². The van der Waals surface area contributed by atoms with E-state index in [1.807, 2.05) is 32.0 Å². The lowest BCUT2D eigenvalue weighted by atomic mass is 10.2. The molecule has 6 nitrogen and oxygen atoms in total. The number of hydrogen-bond acceptors (Lipinski definition) is 6. The van der Waals surface area contributed by atoms with Crippen LogP contribution in [0.4, 0.5) is 11.8 Å². The first-order valence-electron chi connectivity index (χ1n) is 5.74. The van der Waals surface area contributed by atoms with Crippen LogP contribution in [0.2, 0.25) is 0 Å². The standard InChI is InChI=1S/C11H19N5O/c1-7-4-10(16(2)3)15-11(13-7)14-8-5-12-6-9(8)17/h4,8-9,12,17H,5-6H2,1-3H3,(H,13,14,15)/t8-,9-/m1/s1. The molecule has 0 aliphatic carbocycles. The van der Waals surface area contributed by atoms with Gasteiger partial charge in [0.05, 0.1) is 12.1 Å². The van der Waals surface area contributed by atoms with Gasteiger partial charge in [-0.15, -0.1) is 0 Å². The summed E-state index contributed by atoms with van der Waals surface area (Å²) in [7, 11) is 3.88. The zero-order valence-corrected chi connectivity index (χ0v) is 10.4. The van der Waals surface area contributed by atoms with Gasteiger partial charge in [0.2, 0.25) is 5.95 Å². The summed E-state index contributed by atoms with van der Waals surface area (Å²) in [5.74, 6) is 1.43. The lowest BCUT2D eigenvalue weighted by Gasteiger charge is -2.18. The number of β-amino-alcohol motifs (C(OH)–C–C–N with tert-alkyl or cyclic N) is 1. The fraction of sp³-hybridized carbons (Fsp3) is 0.636. The van der Waals surface area contributed by atoms with Crippen LogP contribution < -0.4 is 15.5 Å². The largest absolute Gasteiger partial charge is 0.390 e. The molecule has 0 saturated carbocycles. The van der Waals surface area contributed by atoms with Gasteiger partial charge >= 0.3 is 0 Å². The molecule has 0 spiro atoms.